The molecule has 0 unspecified atom stereocenters. The number of para-hydroxylation sites is 1. The summed E-state index contributed by atoms with van der Waals surface area (Å²) in [6.07, 6.45) is 0. The highest BCUT2D eigenvalue weighted by Gasteiger charge is 2.32. The van der Waals surface area contributed by atoms with Gasteiger partial charge in [-0.05, 0) is 47.7 Å². The average Bonchev–Trinajstić information content (AvgIpc) is 3.28. The summed E-state index contributed by atoms with van der Waals surface area (Å²) in [5, 5.41) is 11.6. The predicted molar refractivity (Wildman–Crippen MR) is 113 cm³/mol. The monoisotopic (exact) mass is 446 g/mol. The summed E-state index contributed by atoms with van der Waals surface area (Å²) >= 11 is 0. The summed E-state index contributed by atoms with van der Waals surface area (Å²) in [7, 11) is -2.41. The van der Waals surface area contributed by atoms with Gasteiger partial charge in [0.1, 0.15) is 16.5 Å². The Kier molecular flexibility index (Phi) is 5.88. The van der Waals surface area contributed by atoms with Gasteiger partial charge in [0.05, 0.1) is 12.8 Å². The minimum Gasteiger partial charge on any atom is -0.495 e. The molecular weight excluding hydrogens is 423 g/mol. The molecule has 1 saturated heterocycles. The lowest BCUT2D eigenvalue weighted by Gasteiger charge is -2.35. The molecule has 11 heteroatoms. The van der Waals surface area contributed by atoms with Crippen molar-refractivity contribution < 1.29 is 17.5 Å². The first-order valence-corrected chi connectivity index (χ1v) is 11.3. The van der Waals surface area contributed by atoms with Crippen LogP contribution in [0.3, 0.4) is 0 Å². The number of hydrogen-bond acceptors (Lipinski definition) is 7. The van der Waals surface area contributed by atoms with Gasteiger partial charge in [0.2, 0.25) is 10.0 Å². The van der Waals surface area contributed by atoms with E-state index in [-0.39, 0.29) is 29.6 Å². The van der Waals surface area contributed by atoms with Crippen molar-refractivity contribution in [3.05, 3.63) is 48.3 Å². The summed E-state index contributed by atoms with van der Waals surface area (Å²) in [4.78, 5) is 1.90. The summed E-state index contributed by atoms with van der Waals surface area (Å²) in [5.74, 6) is 0.406. The van der Waals surface area contributed by atoms with E-state index in [1.807, 2.05) is 11.8 Å². The van der Waals surface area contributed by atoms with Crippen LogP contribution in [0.4, 0.5) is 10.1 Å². The van der Waals surface area contributed by atoms with Crippen LogP contribution in [0.2, 0.25) is 0 Å². The predicted octanol–water partition coefficient (Wildman–Crippen LogP) is 2.02. The van der Waals surface area contributed by atoms with Crippen LogP contribution in [-0.4, -0.2) is 66.2 Å². The molecule has 1 aliphatic heterocycles. The molecule has 0 radical (unpaired) electrons. The maximum absolute atomic E-state index is 14.1. The molecule has 0 spiro atoms. The first-order valence-electron chi connectivity index (χ1n) is 9.90. The second-order valence-corrected chi connectivity index (χ2v) is 8.93. The lowest BCUT2D eigenvalue weighted by atomic mass is 10.2. The number of ether oxygens (including phenoxy) is 1. The number of halogens is 1. The van der Waals surface area contributed by atoms with E-state index in [9.17, 15) is 12.8 Å². The molecule has 164 valence electrons. The van der Waals surface area contributed by atoms with E-state index in [2.05, 4.69) is 15.5 Å². The van der Waals surface area contributed by atoms with Crippen LogP contribution in [0.15, 0.2) is 47.4 Å². The zero-order valence-electron chi connectivity index (χ0n) is 17.3. The molecule has 9 nitrogen and oxygen atoms in total. The van der Waals surface area contributed by atoms with Crippen molar-refractivity contribution in [3.63, 3.8) is 0 Å². The lowest BCUT2D eigenvalue weighted by molar-refractivity contribution is 0.373. The summed E-state index contributed by atoms with van der Waals surface area (Å²) in [6.45, 7) is 3.69. The average molecular weight is 447 g/mol. The van der Waals surface area contributed by atoms with Gasteiger partial charge >= 0.3 is 0 Å². The third kappa shape index (κ3) is 3.98. The van der Waals surface area contributed by atoms with Gasteiger partial charge in [0.25, 0.3) is 0 Å². The van der Waals surface area contributed by atoms with Crippen LogP contribution >= 0.6 is 0 Å². The van der Waals surface area contributed by atoms with E-state index in [1.165, 1.54) is 23.5 Å². The molecular formula is C20H23FN6O3S. The number of aryl methyl sites for hydroxylation is 1. The zero-order chi connectivity index (χ0) is 22.0. The van der Waals surface area contributed by atoms with Gasteiger partial charge < -0.3 is 9.64 Å². The first kappa shape index (κ1) is 21.2. The van der Waals surface area contributed by atoms with Gasteiger partial charge in [-0.3, -0.25) is 0 Å². The summed E-state index contributed by atoms with van der Waals surface area (Å²) in [5.41, 5.74) is 1.06. The molecule has 0 N–H and O–H groups in total. The third-order valence-electron chi connectivity index (χ3n) is 5.30. The quantitative estimate of drug-likeness (QED) is 0.572. The molecule has 0 amide bonds. The number of nitrogens with zero attached hydrogens (tertiary/aromatic N) is 6. The number of sulfonamides is 1. The van der Waals surface area contributed by atoms with Crippen molar-refractivity contribution in [2.45, 2.75) is 18.4 Å². The minimum atomic E-state index is -3.84. The molecule has 1 aliphatic rings. The van der Waals surface area contributed by atoms with Crippen molar-refractivity contribution in [2.75, 3.05) is 38.2 Å². The Morgan fingerprint density at radius 1 is 1.10 bits per heavy atom. The molecule has 0 aliphatic carbocycles. The number of hydrogen-bond donors (Lipinski definition) is 0. The number of rotatable bonds is 6. The molecule has 2 heterocycles. The Bertz CT molecular complexity index is 1180. The Morgan fingerprint density at radius 2 is 1.84 bits per heavy atom. The molecule has 31 heavy (non-hydrogen) atoms. The maximum atomic E-state index is 14.1. The highest BCUT2D eigenvalue weighted by Crippen LogP contribution is 2.32. The Morgan fingerprint density at radius 3 is 2.52 bits per heavy atom. The SMILES string of the molecule is CCn1nnnc1-c1ccc(OC)c(S(=O)(=O)N2CCN(c3ccccc3F)CC2)c1. The van der Waals surface area contributed by atoms with Gasteiger partial charge in [-0.2, -0.15) is 4.31 Å². The molecule has 3 aromatic rings. The molecule has 4 rings (SSSR count). The summed E-state index contributed by atoms with van der Waals surface area (Å²) < 4.78 is 49.3. The molecule has 2 aromatic carbocycles. The van der Waals surface area contributed by atoms with Crippen molar-refractivity contribution in [1.82, 2.24) is 24.5 Å². The molecule has 0 saturated carbocycles. The molecule has 1 aromatic heterocycles. The van der Waals surface area contributed by atoms with E-state index < -0.39 is 10.0 Å². The highest BCUT2D eigenvalue weighted by molar-refractivity contribution is 7.89. The van der Waals surface area contributed by atoms with Crippen LogP contribution in [0.5, 0.6) is 5.75 Å². The Labute approximate surface area is 180 Å². The lowest BCUT2D eigenvalue weighted by Crippen LogP contribution is -2.49. The third-order valence-corrected chi connectivity index (χ3v) is 7.22. The van der Waals surface area contributed by atoms with Gasteiger partial charge in [0, 0.05) is 38.3 Å². The summed E-state index contributed by atoms with van der Waals surface area (Å²) in [6, 6.07) is 11.4. The van der Waals surface area contributed by atoms with Crippen LogP contribution < -0.4 is 9.64 Å². The van der Waals surface area contributed by atoms with Crippen LogP contribution in [0, 0.1) is 5.82 Å². The highest BCUT2D eigenvalue weighted by atomic mass is 32.2. The molecule has 0 atom stereocenters. The van der Waals surface area contributed by atoms with Crippen LogP contribution in [-0.2, 0) is 16.6 Å². The number of tetrazole rings is 1. The van der Waals surface area contributed by atoms with Gasteiger partial charge in [-0.1, -0.05) is 12.1 Å². The second kappa shape index (κ2) is 8.60. The Balaban J connectivity index is 1.61. The number of aromatic nitrogens is 4. The van der Waals surface area contributed by atoms with Crippen LogP contribution in [0.1, 0.15) is 6.92 Å². The van der Waals surface area contributed by atoms with Gasteiger partial charge in [-0.25, -0.2) is 17.5 Å². The topological polar surface area (TPSA) is 93.4 Å². The molecule has 1 fully saturated rings. The number of piperazine rings is 1. The normalized spacial score (nSPS) is 15.3. The second-order valence-electron chi connectivity index (χ2n) is 7.03. The fraction of sp³-hybridized carbons (Fsp3) is 0.350. The number of anilines is 1. The van der Waals surface area contributed by atoms with Crippen LogP contribution in [0.25, 0.3) is 11.4 Å². The van der Waals surface area contributed by atoms with E-state index in [0.29, 0.717) is 36.7 Å². The van der Waals surface area contributed by atoms with Crippen molar-refractivity contribution in [1.29, 1.82) is 0 Å². The van der Waals surface area contributed by atoms with Gasteiger partial charge in [-0.15, -0.1) is 5.10 Å². The van der Waals surface area contributed by atoms with Gasteiger partial charge in [0.15, 0.2) is 5.82 Å². The maximum Gasteiger partial charge on any atom is 0.246 e. The number of methoxy groups -OCH3 is 1. The minimum absolute atomic E-state index is 0.0532. The largest absolute Gasteiger partial charge is 0.495 e. The Hall–Kier alpha value is -3.05. The fourth-order valence-corrected chi connectivity index (χ4v) is 5.26. The number of benzene rings is 2. The van der Waals surface area contributed by atoms with Crippen molar-refractivity contribution >= 4 is 15.7 Å². The van der Waals surface area contributed by atoms with E-state index in [4.69, 9.17) is 4.74 Å². The standard InChI is InChI=1S/C20H23FN6O3S/c1-3-27-20(22-23-24-27)15-8-9-18(30-2)19(14-15)31(28,29)26-12-10-25(11-13-26)17-7-5-4-6-16(17)21/h4-9,14H,3,10-13H2,1-2H3. The molecule has 0 bridgehead atoms. The van der Waals surface area contributed by atoms with Crippen molar-refractivity contribution in [3.8, 4) is 17.1 Å². The smallest absolute Gasteiger partial charge is 0.246 e. The van der Waals surface area contributed by atoms with E-state index >= 15 is 0 Å². The van der Waals surface area contributed by atoms with E-state index in [1.54, 1.807) is 35.0 Å². The fourth-order valence-electron chi connectivity index (χ4n) is 3.66. The zero-order valence-corrected chi connectivity index (χ0v) is 18.1. The van der Waals surface area contributed by atoms with E-state index in [0.717, 1.165) is 0 Å². The van der Waals surface area contributed by atoms with Crippen molar-refractivity contribution in [2.24, 2.45) is 0 Å². The first-order chi connectivity index (χ1) is 15.0.